The van der Waals surface area contributed by atoms with E-state index in [1.807, 2.05) is 41.0 Å². The van der Waals surface area contributed by atoms with Crippen LogP contribution in [0, 0.1) is 0 Å². The molecule has 11 nitrogen and oxygen atoms in total. The minimum absolute atomic E-state index is 0.00157. The van der Waals surface area contributed by atoms with Crippen LogP contribution in [0.1, 0.15) is 41.3 Å². The molecular formula is C35H38F3N7O4S. The third kappa shape index (κ3) is 6.87. The molecule has 2 aliphatic rings. The summed E-state index contributed by atoms with van der Waals surface area (Å²) in [5.41, 5.74) is 4.17. The molecule has 264 valence electrons. The molecule has 0 spiro atoms. The third-order valence-corrected chi connectivity index (χ3v) is 11.0. The Morgan fingerprint density at radius 1 is 0.940 bits per heavy atom. The van der Waals surface area contributed by atoms with Crippen LogP contribution >= 0.6 is 0 Å². The lowest BCUT2D eigenvalue weighted by atomic mass is 10.0. The predicted molar refractivity (Wildman–Crippen MR) is 182 cm³/mol. The first-order valence-corrected chi connectivity index (χ1v) is 18.4. The fourth-order valence-corrected chi connectivity index (χ4v) is 8.06. The Morgan fingerprint density at radius 2 is 1.62 bits per heavy atom. The zero-order valence-corrected chi connectivity index (χ0v) is 28.3. The van der Waals surface area contributed by atoms with Gasteiger partial charge in [-0.3, -0.25) is 18.8 Å². The number of alkyl halides is 3. The number of pyridine rings is 1. The molecular weight excluding hydrogens is 671 g/mol. The smallest absolute Gasteiger partial charge is 0.390 e. The quantitative estimate of drug-likeness (QED) is 0.245. The second-order valence-electron chi connectivity index (χ2n) is 13.1. The van der Waals surface area contributed by atoms with Crippen molar-refractivity contribution >= 4 is 21.1 Å². The number of halogens is 3. The topological polar surface area (TPSA) is 118 Å². The summed E-state index contributed by atoms with van der Waals surface area (Å²) in [6.45, 7) is 2.60. The molecule has 0 aliphatic carbocycles. The van der Waals surface area contributed by atoms with Crippen LogP contribution in [0.25, 0.3) is 22.3 Å². The number of hydrogen-bond acceptors (Lipinski definition) is 7. The van der Waals surface area contributed by atoms with Gasteiger partial charge in [-0.25, -0.2) is 13.2 Å². The number of β-amino-alcohol motifs (C(OH)–C–C–N with tert-alkyl or cyclic N) is 1. The summed E-state index contributed by atoms with van der Waals surface area (Å²) in [4.78, 5) is 20.0. The molecule has 1 N–H and O–H groups in total. The van der Waals surface area contributed by atoms with Crippen molar-refractivity contribution in [3.8, 4) is 11.3 Å². The molecule has 1 saturated heterocycles. The molecule has 0 radical (unpaired) electrons. The standard InChI is InChI=1S/C35H38F3N7O4S/c1-50(48,49)42-19-14-30-29(23-42)33(25-6-8-26(9-7-25)35(36,37)38)40-44(30)22-28(46)21-41-17-12-27(13-18-41)45-32-5-3-2-4-31(32)43(34(45)47)20-24-10-15-39-16-11-24/h2-11,15-16,27-28,46H,12-14,17-23H2,1H3. The largest absolute Gasteiger partial charge is 0.416 e. The number of hydrogen-bond donors (Lipinski definition) is 1. The zero-order chi connectivity index (χ0) is 35.2. The van der Waals surface area contributed by atoms with Gasteiger partial charge in [-0.15, -0.1) is 0 Å². The molecule has 1 atom stereocenters. The Balaban J connectivity index is 1.06. The molecule has 1 fully saturated rings. The van der Waals surface area contributed by atoms with Gasteiger partial charge >= 0.3 is 11.9 Å². The number of benzene rings is 2. The lowest BCUT2D eigenvalue weighted by Crippen LogP contribution is -2.42. The van der Waals surface area contributed by atoms with Gasteiger partial charge in [-0.2, -0.15) is 22.6 Å². The summed E-state index contributed by atoms with van der Waals surface area (Å²) >= 11 is 0. The van der Waals surface area contributed by atoms with Crippen molar-refractivity contribution in [2.24, 2.45) is 0 Å². The van der Waals surface area contributed by atoms with Crippen LogP contribution in [0.3, 0.4) is 0 Å². The predicted octanol–water partition coefficient (Wildman–Crippen LogP) is 4.14. The number of fused-ring (bicyclic) bond motifs is 2. The molecule has 2 aromatic carbocycles. The lowest BCUT2D eigenvalue weighted by Gasteiger charge is -2.33. The Hall–Kier alpha value is -4.31. The summed E-state index contributed by atoms with van der Waals surface area (Å²) in [5.74, 6) is 0. The molecule has 15 heteroatoms. The molecule has 50 heavy (non-hydrogen) atoms. The maximum Gasteiger partial charge on any atom is 0.416 e. The highest BCUT2D eigenvalue weighted by Gasteiger charge is 2.33. The van der Waals surface area contributed by atoms with E-state index in [2.05, 4.69) is 9.88 Å². The van der Waals surface area contributed by atoms with Gasteiger partial charge in [0.25, 0.3) is 0 Å². The van der Waals surface area contributed by atoms with Gasteiger partial charge < -0.3 is 10.0 Å². The number of para-hydroxylation sites is 2. The van der Waals surface area contributed by atoms with Crippen molar-refractivity contribution in [3.05, 3.63) is 106 Å². The van der Waals surface area contributed by atoms with Crippen molar-refractivity contribution < 1.29 is 26.7 Å². The summed E-state index contributed by atoms with van der Waals surface area (Å²) in [6, 6.07) is 16.3. The van der Waals surface area contributed by atoms with Crippen LogP contribution in [0.4, 0.5) is 13.2 Å². The monoisotopic (exact) mass is 709 g/mol. The summed E-state index contributed by atoms with van der Waals surface area (Å²) in [5, 5.41) is 16.0. The second kappa shape index (κ2) is 13.4. The number of aliphatic hydroxyl groups is 1. The van der Waals surface area contributed by atoms with Crippen molar-refractivity contribution in [3.63, 3.8) is 0 Å². The summed E-state index contributed by atoms with van der Waals surface area (Å²) in [6.07, 6.45) is 1.08. The molecule has 5 heterocycles. The van der Waals surface area contributed by atoms with E-state index in [0.29, 0.717) is 49.4 Å². The van der Waals surface area contributed by atoms with Gasteiger partial charge in [0.05, 0.1) is 47.7 Å². The SMILES string of the molecule is CS(=O)(=O)N1CCc2c(c(-c3ccc(C(F)(F)F)cc3)nn2CC(O)CN2CCC(n3c(=O)n(Cc4ccncc4)c4ccccc43)CC2)C1. The molecule has 0 bridgehead atoms. The van der Waals surface area contributed by atoms with Gasteiger partial charge in [0.15, 0.2) is 0 Å². The molecule has 1 unspecified atom stereocenters. The number of imidazole rings is 1. The molecule has 3 aromatic heterocycles. The first-order valence-electron chi connectivity index (χ1n) is 16.6. The minimum atomic E-state index is -4.49. The van der Waals surface area contributed by atoms with Crippen LogP contribution in [-0.4, -0.2) is 85.2 Å². The van der Waals surface area contributed by atoms with Crippen molar-refractivity contribution in [1.29, 1.82) is 0 Å². The van der Waals surface area contributed by atoms with E-state index in [0.717, 1.165) is 53.5 Å². The average Bonchev–Trinajstić information content (AvgIpc) is 3.58. The molecule has 2 aliphatic heterocycles. The van der Waals surface area contributed by atoms with E-state index in [1.54, 1.807) is 21.6 Å². The lowest BCUT2D eigenvalue weighted by molar-refractivity contribution is -0.137. The van der Waals surface area contributed by atoms with Crippen molar-refractivity contribution in [1.82, 2.24) is 33.1 Å². The molecule has 0 saturated carbocycles. The Kier molecular flexibility index (Phi) is 9.18. The highest BCUT2D eigenvalue weighted by Crippen LogP contribution is 2.35. The molecule has 5 aromatic rings. The molecule has 7 rings (SSSR count). The Labute approximate surface area is 287 Å². The van der Waals surface area contributed by atoms with Crippen LogP contribution in [0.15, 0.2) is 77.9 Å². The zero-order valence-electron chi connectivity index (χ0n) is 27.5. The first kappa shape index (κ1) is 34.2. The fourth-order valence-electron chi connectivity index (χ4n) is 7.27. The van der Waals surface area contributed by atoms with Gasteiger partial charge in [0.2, 0.25) is 10.0 Å². The minimum Gasteiger partial charge on any atom is -0.390 e. The van der Waals surface area contributed by atoms with E-state index in [4.69, 9.17) is 5.10 Å². The van der Waals surface area contributed by atoms with Gasteiger partial charge in [-0.1, -0.05) is 24.3 Å². The highest BCUT2D eigenvalue weighted by atomic mass is 32.2. The van der Waals surface area contributed by atoms with Crippen molar-refractivity contribution in [2.75, 3.05) is 32.4 Å². The Bertz CT molecular complexity index is 2150. The summed E-state index contributed by atoms with van der Waals surface area (Å²) in [7, 11) is -3.51. The van der Waals surface area contributed by atoms with Crippen LogP contribution in [0.2, 0.25) is 0 Å². The third-order valence-electron chi connectivity index (χ3n) is 9.79. The van der Waals surface area contributed by atoms with Crippen LogP contribution in [-0.2, 0) is 42.3 Å². The van der Waals surface area contributed by atoms with E-state index in [-0.39, 0.29) is 31.4 Å². The van der Waals surface area contributed by atoms with E-state index in [9.17, 15) is 31.5 Å². The van der Waals surface area contributed by atoms with Crippen molar-refractivity contribution in [2.45, 2.75) is 57.2 Å². The van der Waals surface area contributed by atoms with Gasteiger partial charge in [0.1, 0.15) is 0 Å². The average molecular weight is 710 g/mol. The van der Waals surface area contributed by atoms with E-state index < -0.39 is 27.9 Å². The molecule has 0 amide bonds. The van der Waals surface area contributed by atoms with Gasteiger partial charge in [0, 0.05) is 74.4 Å². The first-order chi connectivity index (χ1) is 23.9. The van der Waals surface area contributed by atoms with E-state index >= 15 is 0 Å². The number of likely N-dealkylation sites (tertiary alicyclic amines) is 1. The second-order valence-corrected chi connectivity index (χ2v) is 15.1. The number of aromatic nitrogens is 5. The summed E-state index contributed by atoms with van der Waals surface area (Å²) < 4.78 is 71.2. The Morgan fingerprint density at radius 3 is 2.28 bits per heavy atom. The normalized spacial score (nSPS) is 17.3. The maximum absolute atomic E-state index is 13.8. The van der Waals surface area contributed by atoms with E-state index in [1.165, 1.54) is 16.4 Å². The highest BCUT2D eigenvalue weighted by molar-refractivity contribution is 7.88. The maximum atomic E-state index is 13.8. The van der Waals surface area contributed by atoms with Gasteiger partial charge in [-0.05, 0) is 54.8 Å². The number of piperidine rings is 1. The van der Waals surface area contributed by atoms with Crippen LogP contribution < -0.4 is 5.69 Å². The number of nitrogens with zero attached hydrogens (tertiary/aromatic N) is 7. The number of aliphatic hydroxyl groups excluding tert-OH is 1. The van der Waals surface area contributed by atoms with Crippen LogP contribution in [0.5, 0.6) is 0 Å². The fraction of sp³-hybridized carbons (Fsp3) is 0.400. The number of rotatable bonds is 9. The number of sulfonamides is 1.